The molecule has 1 aromatic carbocycles. The van der Waals surface area contributed by atoms with E-state index >= 15 is 0 Å². The summed E-state index contributed by atoms with van der Waals surface area (Å²) in [5.74, 6) is -0.891. The number of urea groups is 1. The second-order valence-corrected chi connectivity index (χ2v) is 4.35. The predicted molar refractivity (Wildman–Crippen MR) is 70.4 cm³/mol. The third-order valence-corrected chi connectivity index (χ3v) is 2.58. The summed E-state index contributed by atoms with van der Waals surface area (Å²) in [4.78, 5) is 21.7. The first-order valence-electron chi connectivity index (χ1n) is 5.20. The molecule has 98 valence electrons. The van der Waals surface area contributed by atoms with Crippen molar-refractivity contribution in [3.05, 3.63) is 28.2 Å². The Hall–Kier alpha value is -1.46. The fourth-order valence-electron chi connectivity index (χ4n) is 1.20. The number of aliphatic carboxylic acids is 1. The van der Waals surface area contributed by atoms with Crippen LogP contribution in [0.1, 0.15) is 12.8 Å². The molecular weight excluding hydrogens is 279 g/mol. The van der Waals surface area contributed by atoms with Crippen LogP contribution in [0, 0.1) is 0 Å². The van der Waals surface area contributed by atoms with Crippen LogP contribution in [0.25, 0.3) is 0 Å². The number of amides is 2. The van der Waals surface area contributed by atoms with Crippen LogP contribution in [0.15, 0.2) is 18.2 Å². The van der Waals surface area contributed by atoms with E-state index in [-0.39, 0.29) is 13.0 Å². The molecule has 18 heavy (non-hydrogen) atoms. The lowest BCUT2D eigenvalue weighted by Gasteiger charge is -2.08. The summed E-state index contributed by atoms with van der Waals surface area (Å²) < 4.78 is 0. The molecule has 2 amide bonds. The molecule has 0 heterocycles. The topological polar surface area (TPSA) is 78.4 Å². The van der Waals surface area contributed by atoms with Gasteiger partial charge in [0.25, 0.3) is 0 Å². The molecule has 1 rings (SSSR count). The third-order valence-electron chi connectivity index (χ3n) is 2.03. The van der Waals surface area contributed by atoms with Crippen LogP contribution in [0.5, 0.6) is 0 Å². The number of benzene rings is 1. The average molecular weight is 291 g/mol. The summed E-state index contributed by atoms with van der Waals surface area (Å²) in [6.07, 6.45) is 0.388. The van der Waals surface area contributed by atoms with Crippen molar-refractivity contribution >= 4 is 40.9 Å². The number of halogens is 2. The molecule has 7 heteroatoms. The Kier molecular flexibility index (Phi) is 5.74. The van der Waals surface area contributed by atoms with Gasteiger partial charge >= 0.3 is 12.0 Å². The summed E-state index contributed by atoms with van der Waals surface area (Å²) in [6.45, 7) is 0.281. The minimum atomic E-state index is -0.891. The molecule has 0 aliphatic heterocycles. The molecule has 0 unspecified atom stereocenters. The van der Waals surface area contributed by atoms with E-state index in [4.69, 9.17) is 28.3 Å². The Morgan fingerprint density at radius 2 is 2.00 bits per heavy atom. The molecule has 1 aromatic rings. The van der Waals surface area contributed by atoms with Crippen molar-refractivity contribution < 1.29 is 14.7 Å². The van der Waals surface area contributed by atoms with Crippen LogP contribution in [0.4, 0.5) is 10.5 Å². The van der Waals surface area contributed by atoms with Crippen LogP contribution in [0.2, 0.25) is 10.0 Å². The van der Waals surface area contributed by atoms with E-state index in [9.17, 15) is 9.59 Å². The van der Waals surface area contributed by atoms with E-state index in [2.05, 4.69) is 10.6 Å². The van der Waals surface area contributed by atoms with Gasteiger partial charge in [-0.1, -0.05) is 23.2 Å². The van der Waals surface area contributed by atoms with Gasteiger partial charge in [-0.05, 0) is 24.6 Å². The number of carbonyl (C=O) groups excluding carboxylic acids is 1. The van der Waals surface area contributed by atoms with Crippen molar-refractivity contribution in [1.29, 1.82) is 0 Å². The van der Waals surface area contributed by atoms with Crippen molar-refractivity contribution in [2.45, 2.75) is 12.8 Å². The van der Waals surface area contributed by atoms with Gasteiger partial charge in [-0.25, -0.2) is 4.79 Å². The molecule has 0 spiro atoms. The second-order valence-electron chi connectivity index (χ2n) is 3.50. The van der Waals surface area contributed by atoms with Gasteiger partial charge in [0, 0.05) is 18.0 Å². The zero-order valence-electron chi connectivity index (χ0n) is 9.37. The number of nitrogens with one attached hydrogen (secondary N) is 2. The quantitative estimate of drug-likeness (QED) is 0.730. The van der Waals surface area contributed by atoms with Crippen LogP contribution in [0.3, 0.4) is 0 Å². The molecule has 0 radical (unpaired) electrons. The number of carboxylic acids is 1. The zero-order valence-corrected chi connectivity index (χ0v) is 10.9. The lowest BCUT2D eigenvalue weighted by atomic mass is 10.3. The zero-order chi connectivity index (χ0) is 13.5. The summed E-state index contributed by atoms with van der Waals surface area (Å²) in [6, 6.07) is 4.27. The first kappa shape index (κ1) is 14.6. The largest absolute Gasteiger partial charge is 0.481 e. The maximum atomic E-state index is 11.4. The standard InChI is InChI=1S/C11H12Cl2N2O3/c12-7-3-4-9(8(13)6-7)15-11(18)14-5-1-2-10(16)17/h3-4,6H,1-2,5H2,(H,16,17)(H2,14,15,18). The SMILES string of the molecule is O=C(O)CCCNC(=O)Nc1ccc(Cl)cc1Cl. The van der Waals surface area contributed by atoms with E-state index in [0.29, 0.717) is 22.2 Å². The second kappa shape index (κ2) is 7.08. The maximum Gasteiger partial charge on any atom is 0.319 e. The van der Waals surface area contributed by atoms with Crippen LogP contribution >= 0.6 is 23.2 Å². The lowest BCUT2D eigenvalue weighted by molar-refractivity contribution is -0.137. The number of hydrogen-bond donors (Lipinski definition) is 3. The van der Waals surface area contributed by atoms with Crippen molar-refractivity contribution in [2.24, 2.45) is 0 Å². The molecule has 5 nitrogen and oxygen atoms in total. The number of hydrogen-bond acceptors (Lipinski definition) is 2. The molecule has 0 bridgehead atoms. The average Bonchev–Trinajstić information content (AvgIpc) is 2.28. The van der Waals surface area contributed by atoms with Crippen LogP contribution in [-0.2, 0) is 4.79 Å². The number of anilines is 1. The van der Waals surface area contributed by atoms with Gasteiger partial charge in [0.05, 0.1) is 10.7 Å². The molecule has 0 aliphatic carbocycles. The Bertz CT molecular complexity index is 452. The lowest BCUT2D eigenvalue weighted by Crippen LogP contribution is -2.29. The highest BCUT2D eigenvalue weighted by atomic mass is 35.5. The molecular formula is C11H12Cl2N2O3. The van der Waals surface area contributed by atoms with Gasteiger partial charge < -0.3 is 15.7 Å². The van der Waals surface area contributed by atoms with E-state index < -0.39 is 12.0 Å². The third kappa shape index (κ3) is 5.25. The number of carboxylic acid groups (broad SMARTS) is 1. The maximum absolute atomic E-state index is 11.4. The minimum Gasteiger partial charge on any atom is -0.481 e. The highest BCUT2D eigenvalue weighted by Gasteiger charge is 2.05. The van der Waals surface area contributed by atoms with E-state index in [0.717, 1.165) is 0 Å². The first-order valence-corrected chi connectivity index (χ1v) is 5.96. The minimum absolute atomic E-state index is 0.0159. The van der Waals surface area contributed by atoms with Crippen molar-refractivity contribution in [3.8, 4) is 0 Å². The van der Waals surface area contributed by atoms with E-state index in [1.807, 2.05) is 0 Å². The van der Waals surface area contributed by atoms with Crippen molar-refractivity contribution in [1.82, 2.24) is 5.32 Å². The Labute approximate surface area is 114 Å². The summed E-state index contributed by atoms with van der Waals surface area (Å²) in [5.41, 5.74) is 0.441. The molecule has 3 N–H and O–H groups in total. The Morgan fingerprint density at radius 3 is 2.61 bits per heavy atom. The van der Waals surface area contributed by atoms with Crippen molar-refractivity contribution in [2.75, 3.05) is 11.9 Å². The fourth-order valence-corrected chi connectivity index (χ4v) is 1.65. The first-order chi connectivity index (χ1) is 8.49. The van der Waals surface area contributed by atoms with Crippen LogP contribution < -0.4 is 10.6 Å². The number of carbonyl (C=O) groups is 2. The normalized spacial score (nSPS) is 9.89. The molecule has 0 aromatic heterocycles. The van der Waals surface area contributed by atoms with Gasteiger partial charge in [-0.3, -0.25) is 4.79 Å². The van der Waals surface area contributed by atoms with Gasteiger partial charge in [0.2, 0.25) is 0 Å². The van der Waals surface area contributed by atoms with Gasteiger partial charge in [0.15, 0.2) is 0 Å². The molecule has 0 saturated heterocycles. The summed E-state index contributed by atoms with van der Waals surface area (Å²) in [7, 11) is 0. The molecule has 0 fully saturated rings. The van der Waals surface area contributed by atoms with E-state index in [1.54, 1.807) is 12.1 Å². The summed E-state index contributed by atoms with van der Waals surface area (Å²) in [5, 5.41) is 14.3. The highest BCUT2D eigenvalue weighted by molar-refractivity contribution is 6.36. The molecule has 0 atom stereocenters. The predicted octanol–water partition coefficient (Wildman–Crippen LogP) is 2.98. The Morgan fingerprint density at radius 1 is 1.28 bits per heavy atom. The van der Waals surface area contributed by atoms with Crippen LogP contribution in [-0.4, -0.2) is 23.7 Å². The molecule has 0 aliphatic rings. The highest BCUT2D eigenvalue weighted by Crippen LogP contribution is 2.25. The Balaban J connectivity index is 2.38. The van der Waals surface area contributed by atoms with Gasteiger partial charge in [0.1, 0.15) is 0 Å². The van der Waals surface area contributed by atoms with Gasteiger partial charge in [-0.15, -0.1) is 0 Å². The smallest absolute Gasteiger partial charge is 0.319 e. The number of rotatable bonds is 5. The fraction of sp³-hybridized carbons (Fsp3) is 0.273. The van der Waals surface area contributed by atoms with E-state index in [1.165, 1.54) is 6.07 Å². The monoisotopic (exact) mass is 290 g/mol. The van der Waals surface area contributed by atoms with Crippen molar-refractivity contribution in [3.63, 3.8) is 0 Å². The summed E-state index contributed by atoms with van der Waals surface area (Å²) >= 11 is 11.6. The van der Waals surface area contributed by atoms with Gasteiger partial charge in [-0.2, -0.15) is 0 Å². The molecule has 0 saturated carbocycles.